The predicted molar refractivity (Wildman–Crippen MR) is 75.7 cm³/mol. The number of rotatable bonds is 0. The van der Waals surface area contributed by atoms with Gasteiger partial charge in [0.1, 0.15) is 11.2 Å². The van der Waals surface area contributed by atoms with Gasteiger partial charge in [0.05, 0.1) is 12.6 Å². The van der Waals surface area contributed by atoms with Crippen molar-refractivity contribution in [1.29, 1.82) is 0 Å². The zero-order valence-electron chi connectivity index (χ0n) is 13.0. The van der Waals surface area contributed by atoms with Crippen LogP contribution in [0.4, 0.5) is 4.79 Å². The van der Waals surface area contributed by atoms with E-state index in [0.717, 1.165) is 39.0 Å². The Labute approximate surface area is 121 Å². The molecule has 1 spiro atoms. The average molecular weight is 282 g/mol. The Morgan fingerprint density at radius 3 is 2.75 bits per heavy atom. The van der Waals surface area contributed by atoms with E-state index >= 15 is 0 Å². The first-order chi connectivity index (χ1) is 9.31. The van der Waals surface area contributed by atoms with Crippen molar-refractivity contribution in [3.63, 3.8) is 0 Å². The highest BCUT2D eigenvalue weighted by Gasteiger charge is 2.60. The molecule has 20 heavy (non-hydrogen) atoms. The number of morpholine rings is 1. The van der Waals surface area contributed by atoms with Crippen LogP contribution in [0.2, 0.25) is 0 Å². The molecule has 0 aromatic heterocycles. The number of likely N-dealkylation sites (N-methyl/N-ethyl adjacent to an activating group) is 1. The Kier molecular flexibility index (Phi) is 3.25. The third-order valence-corrected chi connectivity index (χ3v) is 4.70. The number of amides is 1. The van der Waals surface area contributed by atoms with Crippen LogP contribution in [0.1, 0.15) is 40.0 Å². The molecule has 114 valence electrons. The molecular formula is C15H26N2O3. The highest BCUT2D eigenvalue weighted by molar-refractivity contribution is 5.70. The fourth-order valence-electron chi connectivity index (χ4n) is 4.04. The Balaban J connectivity index is 1.77. The summed E-state index contributed by atoms with van der Waals surface area (Å²) in [7, 11) is 2.13. The lowest BCUT2D eigenvalue weighted by Gasteiger charge is -2.43. The van der Waals surface area contributed by atoms with Gasteiger partial charge in [0, 0.05) is 25.6 Å². The summed E-state index contributed by atoms with van der Waals surface area (Å²) in [5.41, 5.74) is -0.594. The number of hydrogen-bond acceptors (Lipinski definition) is 4. The molecule has 0 unspecified atom stereocenters. The van der Waals surface area contributed by atoms with Crippen LogP contribution in [0.5, 0.6) is 0 Å². The second-order valence-electron chi connectivity index (χ2n) is 7.49. The number of hydrogen-bond donors (Lipinski definition) is 0. The highest BCUT2D eigenvalue weighted by atomic mass is 16.6. The molecule has 3 heterocycles. The van der Waals surface area contributed by atoms with E-state index in [1.807, 2.05) is 25.7 Å². The molecule has 0 aliphatic carbocycles. The van der Waals surface area contributed by atoms with E-state index in [1.54, 1.807) is 0 Å². The van der Waals surface area contributed by atoms with Crippen LogP contribution in [0.3, 0.4) is 0 Å². The summed E-state index contributed by atoms with van der Waals surface area (Å²) in [5.74, 6) is 0. The molecule has 3 saturated heterocycles. The number of ether oxygens (including phenoxy) is 2. The molecule has 0 saturated carbocycles. The molecule has 0 radical (unpaired) electrons. The van der Waals surface area contributed by atoms with Gasteiger partial charge in [-0.1, -0.05) is 0 Å². The molecule has 3 aliphatic heterocycles. The van der Waals surface area contributed by atoms with E-state index in [-0.39, 0.29) is 17.7 Å². The van der Waals surface area contributed by atoms with Crippen LogP contribution in [0.25, 0.3) is 0 Å². The lowest BCUT2D eigenvalue weighted by molar-refractivity contribution is -0.121. The number of carbonyl (C=O) groups is 1. The van der Waals surface area contributed by atoms with Crippen molar-refractivity contribution in [1.82, 2.24) is 9.80 Å². The third-order valence-electron chi connectivity index (χ3n) is 4.70. The normalized spacial score (nSPS) is 37.7. The van der Waals surface area contributed by atoms with Gasteiger partial charge < -0.3 is 14.4 Å². The topological polar surface area (TPSA) is 42.0 Å². The monoisotopic (exact) mass is 282 g/mol. The Hall–Kier alpha value is -0.810. The quantitative estimate of drug-likeness (QED) is 0.680. The van der Waals surface area contributed by atoms with Crippen molar-refractivity contribution in [2.24, 2.45) is 0 Å². The van der Waals surface area contributed by atoms with Crippen LogP contribution in [-0.2, 0) is 9.47 Å². The van der Waals surface area contributed by atoms with Gasteiger partial charge in [0.15, 0.2) is 0 Å². The number of nitrogens with zero attached hydrogens (tertiary/aromatic N) is 2. The molecule has 3 rings (SSSR count). The van der Waals surface area contributed by atoms with Crippen LogP contribution in [-0.4, -0.2) is 65.9 Å². The molecule has 5 nitrogen and oxygen atoms in total. The molecule has 0 aromatic rings. The van der Waals surface area contributed by atoms with E-state index in [9.17, 15) is 4.79 Å². The number of fused-ring (bicyclic) bond motifs is 3. The molecular weight excluding hydrogens is 256 g/mol. The Morgan fingerprint density at radius 1 is 1.35 bits per heavy atom. The van der Waals surface area contributed by atoms with Gasteiger partial charge in [0.25, 0.3) is 0 Å². The molecule has 1 amide bonds. The second kappa shape index (κ2) is 4.60. The fourth-order valence-corrected chi connectivity index (χ4v) is 4.04. The minimum atomic E-state index is -0.434. The molecule has 3 fully saturated rings. The van der Waals surface area contributed by atoms with Gasteiger partial charge in [-0.05, 0) is 40.7 Å². The average Bonchev–Trinajstić information content (AvgIpc) is 2.81. The van der Waals surface area contributed by atoms with Crippen molar-refractivity contribution in [2.75, 3.05) is 26.7 Å². The Morgan fingerprint density at radius 2 is 2.10 bits per heavy atom. The summed E-state index contributed by atoms with van der Waals surface area (Å²) < 4.78 is 11.7. The molecule has 0 aromatic carbocycles. The van der Waals surface area contributed by atoms with E-state index in [1.165, 1.54) is 0 Å². The predicted octanol–water partition coefficient (Wildman–Crippen LogP) is 1.86. The molecule has 5 heteroatoms. The van der Waals surface area contributed by atoms with Gasteiger partial charge in [-0.15, -0.1) is 0 Å². The third kappa shape index (κ3) is 2.31. The van der Waals surface area contributed by atoms with Crippen molar-refractivity contribution >= 4 is 6.09 Å². The maximum atomic E-state index is 12.5. The van der Waals surface area contributed by atoms with Gasteiger partial charge >= 0.3 is 6.09 Å². The number of carbonyl (C=O) groups excluding carboxylic acids is 1. The van der Waals surface area contributed by atoms with E-state index in [4.69, 9.17) is 9.47 Å². The summed E-state index contributed by atoms with van der Waals surface area (Å²) in [4.78, 5) is 16.7. The molecule has 2 bridgehead atoms. The largest absolute Gasteiger partial charge is 0.444 e. The van der Waals surface area contributed by atoms with E-state index in [0.29, 0.717) is 6.04 Å². The molecule has 3 aliphatic rings. The zero-order chi connectivity index (χ0) is 14.5. The fraction of sp³-hybridized carbons (Fsp3) is 0.933. The maximum Gasteiger partial charge on any atom is 0.410 e. The van der Waals surface area contributed by atoms with Crippen molar-refractivity contribution in [3.8, 4) is 0 Å². The maximum absolute atomic E-state index is 12.5. The smallest absolute Gasteiger partial charge is 0.410 e. The van der Waals surface area contributed by atoms with Gasteiger partial charge in [-0.2, -0.15) is 0 Å². The van der Waals surface area contributed by atoms with Gasteiger partial charge in [-0.25, -0.2) is 4.79 Å². The summed E-state index contributed by atoms with van der Waals surface area (Å²) in [6, 6.07) is 0.478. The minimum absolute atomic E-state index is 0.160. The first-order valence-electron chi connectivity index (χ1n) is 7.65. The minimum Gasteiger partial charge on any atom is -0.444 e. The summed E-state index contributed by atoms with van der Waals surface area (Å²) in [5, 5.41) is 0. The summed E-state index contributed by atoms with van der Waals surface area (Å²) in [6.45, 7) is 8.43. The summed E-state index contributed by atoms with van der Waals surface area (Å²) >= 11 is 0. The van der Waals surface area contributed by atoms with Crippen molar-refractivity contribution < 1.29 is 14.3 Å². The van der Waals surface area contributed by atoms with Crippen LogP contribution >= 0.6 is 0 Å². The molecule has 0 N–H and O–H groups in total. The Bertz CT molecular complexity index is 406. The summed E-state index contributed by atoms with van der Waals surface area (Å²) in [6.07, 6.45) is 2.91. The zero-order valence-corrected chi connectivity index (χ0v) is 13.0. The lowest BCUT2D eigenvalue weighted by atomic mass is 9.83. The standard InChI is InChI=1S/C15H26N2O3/c1-14(2,3)20-13(18)17-11-5-6-12(17)15(9-11)10-16(4)7-8-19-15/h11-12H,5-10H2,1-4H3/t11-,12-,15+/m1/s1. The molecule has 3 atom stereocenters. The van der Waals surface area contributed by atoms with Crippen molar-refractivity contribution in [3.05, 3.63) is 0 Å². The first-order valence-corrected chi connectivity index (χ1v) is 7.65. The SMILES string of the molecule is CN1CCO[C@@]2(C[C@H]3CC[C@H]2N3C(=O)OC(C)(C)C)C1. The van der Waals surface area contributed by atoms with Crippen LogP contribution in [0.15, 0.2) is 0 Å². The van der Waals surface area contributed by atoms with Crippen LogP contribution < -0.4 is 0 Å². The van der Waals surface area contributed by atoms with E-state index in [2.05, 4.69) is 11.9 Å². The van der Waals surface area contributed by atoms with Crippen LogP contribution in [0, 0.1) is 0 Å². The van der Waals surface area contributed by atoms with Crippen molar-refractivity contribution in [2.45, 2.75) is 63.3 Å². The lowest BCUT2D eigenvalue weighted by Crippen LogP contribution is -2.57. The van der Waals surface area contributed by atoms with E-state index < -0.39 is 5.60 Å². The van der Waals surface area contributed by atoms with Gasteiger partial charge in [-0.3, -0.25) is 4.90 Å². The second-order valence-corrected chi connectivity index (χ2v) is 7.49. The highest BCUT2D eigenvalue weighted by Crippen LogP contribution is 2.48. The first kappa shape index (κ1) is 14.1. The van der Waals surface area contributed by atoms with Gasteiger partial charge in [0.2, 0.25) is 0 Å².